The molecule has 2 aliphatic heterocycles. The Morgan fingerprint density at radius 3 is 2.74 bits per heavy atom. The molecule has 0 N–H and O–H groups in total. The van der Waals surface area contributed by atoms with Gasteiger partial charge in [-0.2, -0.15) is 0 Å². The van der Waals surface area contributed by atoms with E-state index < -0.39 is 0 Å². The van der Waals surface area contributed by atoms with Crippen LogP contribution in [0.2, 0.25) is 0 Å². The summed E-state index contributed by atoms with van der Waals surface area (Å²) in [5, 5.41) is 0. The van der Waals surface area contributed by atoms with Crippen LogP contribution in [0.3, 0.4) is 0 Å². The SMILES string of the molecule is CCCc1cc(OC2CN(C(=O)N3CCCN(C4CCC4)CC3)C2)ccn1. The van der Waals surface area contributed by atoms with Gasteiger partial charge in [-0.3, -0.25) is 9.88 Å². The minimum absolute atomic E-state index is 0.101. The molecule has 4 rings (SSSR count). The molecule has 3 aliphatic rings. The van der Waals surface area contributed by atoms with Gasteiger partial charge >= 0.3 is 6.03 Å². The predicted octanol–water partition coefficient (Wildman–Crippen LogP) is 2.78. The molecule has 0 bridgehead atoms. The summed E-state index contributed by atoms with van der Waals surface area (Å²) < 4.78 is 6.04. The third-order valence-corrected chi connectivity index (χ3v) is 6.11. The van der Waals surface area contributed by atoms with Crippen LogP contribution in [0.1, 0.15) is 44.7 Å². The Kier molecular flexibility index (Phi) is 5.81. The number of likely N-dealkylation sites (tertiary alicyclic amines) is 1. The van der Waals surface area contributed by atoms with Crippen molar-refractivity contribution in [1.82, 2.24) is 19.7 Å². The summed E-state index contributed by atoms with van der Waals surface area (Å²) in [5.74, 6) is 0.872. The maximum atomic E-state index is 12.8. The number of urea groups is 1. The Bertz CT molecular complexity index is 643. The lowest BCUT2D eigenvalue weighted by atomic mass is 9.91. The molecule has 1 aromatic heterocycles. The van der Waals surface area contributed by atoms with E-state index in [1.807, 2.05) is 28.1 Å². The topological polar surface area (TPSA) is 48.9 Å². The van der Waals surface area contributed by atoms with Gasteiger partial charge in [0.05, 0.1) is 13.1 Å². The lowest BCUT2D eigenvalue weighted by Crippen LogP contribution is -2.60. The molecule has 3 fully saturated rings. The van der Waals surface area contributed by atoms with Crippen molar-refractivity contribution >= 4 is 6.03 Å². The van der Waals surface area contributed by atoms with Crippen molar-refractivity contribution < 1.29 is 9.53 Å². The van der Waals surface area contributed by atoms with E-state index in [0.29, 0.717) is 13.1 Å². The molecule has 27 heavy (non-hydrogen) atoms. The van der Waals surface area contributed by atoms with Gasteiger partial charge in [-0.1, -0.05) is 19.8 Å². The molecule has 0 atom stereocenters. The molecule has 2 saturated heterocycles. The molecule has 6 nitrogen and oxygen atoms in total. The number of aryl methyl sites for hydroxylation is 1. The second-order valence-corrected chi connectivity index (χ2v) is 8.12. The van der Waals surface area contributed by atoms with Crippen LogP contribution in [0, 0.1) is 0 Å². The van der Waals surface area contributed by atoms with Crippen molar-refractivity contribution in [2.45, 2.75) is 57.6 Å². The maximum absolute atomic E-state index is 12.8. The summed E-state index contributed by atoms with van der Waals surface area (Å²) in [6.07, 6.45) is 9.11. The van der Waals surface area contributed by atoms with Gasteiger partial charge in [-0.05, 0) is 31.7 Å². The summed E-state index contributed by atoms with van der Waals surface area (Å²) >= 11 is 0. The van der Waals surface area contributed by atoms with Crippen molar-refractivity contribution in [3.63, 3.8) is 0 Å². The van der Waals surface area contributed by atoms with Crippen LogP contribution in [0.5, 0.6) is 5.75 Å². The average molecular weight is 373 g/mol. The fraction of sp³-hybridized carbons (Fsp3) is 0.714. The Hall–Kier alpha value is -1.82. The van der Waals surface area contributed by atoms with Gasteiger partial charge < -0.3 is 14.5 Å². The largest absolute Gasteiger partial charge is 0.487 e. The number of hydrogen-bond acceptors (Lipinski definition) is 4. The number of ether oxygens (including phenoxy) is 1. The minimum atomic E-state index is 0.101. The monoisotopic (exact) mass is 372 g/mol. The fourth-order valence-electron chi connectivity index (χ4n) is 4.23. The molecule has 1 saturated carbocycles. The highest BCUT2D eigenvalue weighted by Gasteiger charge is 2.36. The molecular weight excluding hydrogens is 340 g/mol. The Morgan fingerprint density at radius 2 is 2.00 bits per heavy atom. The Balaban J connectivity index is 1.23. The Labute approximate surface area is 162 Å². The first-order valence-corrected chi connectivity index (χ1v) is 10.6. The summed E-state index contributed by atoms with van der Waals surface area (Å²) in [4.78, 5) is 23.7. The third-order valence-electron chi connectivity index (χ3n) is 6.11. The molecular formula is C21H32N4O2. The fourth-order valence-corrected chi connectivity index (χ4v) is 4.23. The second-order valence-electron chi connectivity index (χ2n) is 8.12. The summed E-state index contributed by atoms with van der Waals surface area (Å²) in [7, 11) is 0. The highest BCUT2D eigenvalue weighted by molar-refractivity contribution is 5.75. The van der Waals surface area contributed by atoms with E-state index in [4.69, 9.17) is 4.74 Å². The molecule has 1 aliphatic carbocycles. The molecule has 3 heterocycles. The lowest BCUT2D eigenvalue weighted by Gasteiger charge is -2.41. The van der Waals surface area contributed by atoms with Crippen LogP contribution in [0.4, 0.5) is 4.79 Å². The third kappa shape index (κ3) is 4.37. The second kappa shape index (κ2) is 8.46. The Morgan fingerprint density at radius 1 is 1.15 bits per heavy atom. The standard InChI is InChI=1S/C21H32N4O2/c1-2-5-17-14-19(8-9-22-17)27-20-15-25(16-20)21(26)24-11-4-10-23(12-13-24)18-6-3-7-18/h8-9,14,18,20H,2-7,10-13,15-16H2,1H3. The normalized spacial score (nSPS) is 22.1. The lowest BCUT2D eigenvalue weighted by molar-refractivity contribution is 0.0307. The van der Waals surface area contributed by atoms with Crippen LogP contribution in [-0.2, 0) is 6.42 Å². The summed E-state index contributed by atoms with van der Waals surface area (Å²) in [5.41, 5.74) is 1.07. The van der Waals surface area contributed by atoms with E-state index in [-0.39, 0.29) is 12.1 Å². The van der Waals surface area contributed by atoms with Gasteiger partial charge in [0.15, 0.2) is 0 Å². The number of amides is 2. The van der Waals surface area contributed by atoms with Gasteiger partial charge in [0.25, 0.3) is 0 Å². The van der Waals surface area contributed by atoms with Crippen molar-refractivity contribution in [2.24, 2.45) is 0 Å². The van der Waals surface area contributed by atoms with Crippen LogP contribution in [0.15, 0.2) is 18.3 Å². The zero-order valence-electron chi connectivity index (χ0n) is 16.5. The van der Waals surface area contributed by atoms with Crippen molar-refractivity contribution in [3.8, 4) is 5.75 Å². The van der Waals surface area contributed by atoms with E-state index in [9.17, 15) is 4.79 Å². The van der Waals surface area contributed by atoms with Crippen molar-refractivity contribution in [2.75, 3.05) is 39.3 Å². The van der Waals surface area contributed by atoms with Gasteiger partial charge in [0, 0.05) is 50.2 Å². The van der Waals surface area contributed by atoms with Crippen LogP contribution in [0.25, 0.3) is 0 Å². The zero-order chi connectivity index (χ0) is 18.6. The number of pyridine rings is 1. The number of rotatable bonds is 5. The van der Waals surface area contributed by atoms with E-state index >= 15 is 0 Å². The molecule has 0 aromatic carbocycles. The van der Waals surface area contributed by atoms with E-state index in [0.717, 1.165) is 62.9 Å². The first kappa shape index (κ1) is 18.5. The summed E-state index contributed by atoms with van der Waals surface area (Å²) in [6.45, 7) is 7.44. The highest BCUT2D eigenvalue weighted by atomic mass is 16.5. The molecule has 1 aromatic rings. The van der Waals surface area contributed by atoms with E-state index in [1.54, 1.807) is 0 Å². The smallest absolute Gasteiger partial charge is 0.320 e. The van der Waals surface area contributed by atoms with E-state index in [1.165, 1.54) is 19.3 Å². The molecule has 6 heteroatoms. The molecule has 148 valence electrons. The molecule has 0 spiro atoms. The average Bonchev–Trinajstić information content (AvgIpc) is 2.82. The molecule has 0 unspecified atom stereocenters. The highest BCUT2D eigenvalue weighted by Crippen LogP contribution is 2.26. The minimum Gasteiger partial charge on any atom is -0.487 e. The number of carbonyl (C=O) groups excluding carboxylic acids is 1. The first-order chi connectivity index (χ1) is 13.2. The quantitative estimate of drug-likeness (QED) is 0.797. The number of aromatic nitrogens is 1. The van der Waals surface area contributed by atoms with Crippen LogP contribution < -0.4 is 4.74 Å². The number of hydrogen-bond donors (Lipinski definition) is 0. The predicted molar refractivity (Wildman–Crippen MR) is 105 cm³/mol. The van der Waals surface area contributed by atoms with Crippen LogP contribution >= 0.6 is 0 Å². The van der Waals surface area contributed by atoms with Gasteiger partial charge in [-0.25, -0.2) is 4.79 Å². The van der Waals surface area contributed by atoms with Gasteiger partial charge in [0.2, 0.25) is 0 Å². The van der Waals surface area contributed by atoms with Crippen molar-refractivity contribution in [3.05, 3.63) is 24.0 Å². The number of nitrogens with zero attached hydrogens (tertiary/aromatic N) is 4. The zero-order valence-corrected chi connectivity index (χ0v) is 16.5. The molecule has 2 amide bonds. The first-order valence-electron chi connectivity index (χ1n) is 10.6. The van der Waals surface area contributed by atoms with Crippen molar-refractivity contribution in [1.29, 1.82) is 0 Å². The van der Waals surface area contributed by atoms with Gasteiger partial charge in [-0.15, -0.1) is 0 Å². The molecule has 0 radical (unpaired) electrons. The number of carbonyl (C=O) groups is 1. The van der Waals surface area contributed by atoms with Gasteiger partial charge in [0.1, 0.15) is 11.9 Å². The van der Waals surface area contributed by atoms with Crippen LogP contribution in [-0.4, -0.2) is 77.1 Å². The van der Waals surface area contributed by atoms with E-state index in [2.05, 4.69) is 16.8 Å². The summed E-state index contributed by atoms with van der Waals surface area (Å²) in [6, 6.07) is 4.90. The maximum Gasteiger partial charge on any atom is 0.320 e.